The molecule has 5 rings (SSSR count). The van der Waals surface area contributed by atoms with E-state index in [2.05, 4.69) is 37.2 Å². The fraction of sp³-hybridized carbons (Fsp3) is 0.348. The molecule has 2 aliphatic heterocycles. The molecule has 1 amide bonds. The third kappa shape index (κ3) is 3.57. The number of aryl methyl sites for hydroxylation is 1. The Balaban J connectivity index is 1.25. The quantitative estimate of drug-likeness (QED) is 0.699. The van der Waals surface area contributed by atoms with E-state index in [1.165, 1.54) is 5.69 Å². The summed E-state index contributed by atoms with van der Waals surface area (Å²) in [5, 5.41) is 2.89. The maximum absolute atomic E-state index is 12.1. The molecule has 0 radical (unpaired) electrons. The third-order valence-corrected chi connectivity index (χ3v) is 6.06. The molecular weight excluding hydrogens is 378 g/mol. The van der Waals surface area contributed by atoms with Crippen molar-refractivity contribution in [2.24, 2.45) is 0 Å². The molecular formula is C23H25N5O2. The first-order valence-corrected chi connectivity index (χ1v) is 10.5. The highest BCUT2D eigenvalue weighted by Gasteiger charge is 2.21. The number of carbonyl (C=O) groups is 1. The summed E-state index contributed by atoms with van der Waals surface area (Å²) in [4.78, 5) is 36.0. The van der Waals surface area contributed by atoms with E-state index < -0.39 is 0 Å². The van der Waals surface area contributed by atoms with Gasteiger partial charge < -0.3 is 15.2 Å². The minimum absolute atomic E-state index is 0.0242. The maximum atomic E-state index is 12.1. The maximum Gasteiger partial charge on any atom is 0.251 e. The van der Waals surface area contributed by atoms with Gasteiger partial charge in [-0.2, -0.15) is 0 Å². The molecule has 7 nitrogen and oxygen atoms in total. The second-order valence-corrected chi connectivity index (χ2v) is 8.08. The number of fused-ring (bicyclic) bond motifs is 2. The first-order chi connectivity index (χ1) is 14.6. The van der Waals surface area contributed by atoms with Crippen LogP contribution in [0, 0.1) is 0 Å². The average Bonchev–Trinajstić information content (AvgIpc) is 3.13. The van der Waals surface area contributed by atoms with E-state index in [4.69, 9.17) is 0 Å². The zero-order chi connectivity index (χ0) is 20.7. The van der Waals surface area contributed by atoms with E-state index in [9.17, 15) is 9.59 Å². The van der Waals surface area contributed by atoms with Crippen molar-refractivity contribution in [2.45, 2.75) is 26.3 Å². The molecule has 0 saturated carbocycles. The van der Waals surface area contributed by atoms with Gasteiger partial charge in [-0.3, -0.25) is 19.5 Å². The van der Waals surface area contributed by atoms with E-state index >= 15 is 0 Å². The first-order valence-electron chi connectivity index (χ1n) is 10.5. The van der Waals surface area contributed by atoms with Gasteiger partial charge in [0.25, 0.3) is 5.56 Å². The summed E-state index contributed by atoms with van der Waals surface area (Å²) in [6.45, 7) is 6.59. The van der Waals surface area contributed by atoms with E-state index in [0.29, 0.717) is 12.8 Å². The highest BCUT2D eigenvalue weighted by atomic mass is 16.1. The lowest BCUT2D eigenvalue weighted by atomic mass is 10.1. The summed E-state index contributed by atoms with van der Waals surface area (Å²) in [6, 6.07) is 10.2. The van der Waals surface area contributed by atoms with E-state index in [1.807, 2.05) is 31.3 Å². The van der Waals surface area contributed by atoms with Gasteiger partial charge in [-0.05, 0) is 47.9 Å². The topological polar surface area (TPSA) is 81.3 Å². The average molecular weight is 403 g/mol. The van der Waals surface area contributed by atoms with Crippen molar-refractivity contribution in [1.82, 2.24) is 14.9 Å². The Labute approximate surface area is 174 Å². The fourth-order valence-electron chi connectivity index (χ4n) is 4.35. The monoisotopic (exact) mass is 403 g/mol. The summed E-state index contributed by atoms with van der Waals surface area (Å²) in [7, 11) is 0. The van der Waals surface area contributed by atoms with Crippen LogP contribution in [-0.2, 0) is 24.2 Å². The summed E-state index contributed by atoms with van der Waals surface area (Å²) in [5.74, 6) is 0.0724. The molecule has 0 bridgehead atoms. The van der Waals surface area contributed by atoms with Crippen LogP contribution >= 0.6 is 0 Å². The highest BCUT2D eigenvalue weighted by molar-refractivity contribution is 5.99. The molecule has 4 heterocycles. The number of hydrogen-bond acceptors (Lipinski definition) is 5. The SMILES string of the molecule is CCc1cc2ncc(CN3CCN(c4ccc5c(c4)CC(=O)N5)CC3)cc2[nH]c1=O. The predicted molar refractivity (Wildman–Crippen MR) is 118 cm³/mol. The number of piperazine rings is 1. The van der Waals surface area contributed by atoms with Gasteiger partial charge in [0, 0.05) is 55.9 Å². The van der Waals surface area contributed by atoms with Crippen LogP contribution in [0.5, 0.6) is 0 Å². The number of H-pyrrole nitrogens is 1. The fourth-order valence-corrected chi connectivity index (χ4v) is 4.35. The van der Waals surface area contributed by atoms with Crippen LogP contribution in [0.3, 0.4) is 0 Å². The zero-order valence-electron chi connectivity index (χ0n) is 17.1. The van der Waals surface area contributed by atoms with Crippen molar-refractivity contribution in [1.29, 1.82) is 0 Å². The van der Waals surface area contributed by atoms with Crippen molar-refractivity contribution in [3.8, 4) is 0 Å². The molecule has 1 fully saturated rings. The molecule has 2 aliphatic rings. The first kappa shape index (κ1) is 18.8. The second kappa shape index (κ2) is 7.57. The molecule has 0 spiro atoms. The van der Waals surface area contributed by atoms with Crippen LogP contribution in [0.1, 0.15) is 23.6 Å². The van der Waals surface area contributed by atoms with E-state index in [-0.39, 0.29) is 11.5 Å². The zero-order valence-corrected chi connectivity index (χ0v) is 17.1. The molecule has 1 saturated heterocycles. The summed E-state index contributed by atoms with van der Waals surface area (Å²) >= 11 is 0. The Morgan fingerprint density at radius 2 is 1.90 bits per heavy atom. The number of rotatable bonds is 4. The lowest BCUT2D eigenvalue weighted by Crippen LogP contribution is -2.46. The number of amides is 1. The molecule has 2 aromatic heterocycles. The van der Waals surface area contributed by atoms with Gasteiger partial charge in [0.2, 0.25) is 5.91 Å². The molecule has 2 N–H and O–H groups in total. The number of carbonyl (C=O) groups excluding carboxylic acids is 1. The van der Waals surface area contributed by atoms with E-state index in [1.54, 1.807) is 0 Å². The molecule has 0 aliphatic carbocycles. The van der Waals surface area contributed by atoms with Gasteiger partial charge in [-0.25, -0.2) is 0 Å². The highest BCUT2D eigenvalue weighted by Crippen LogP contribution is 2.28. The Hall–Kier alpha value is -3.19. The van der Waals surface area contributed by atoms with Crippen LogP contribution in [0.2, 0.25) is 0 Å². The molecule has 3 aromatic rings. The Kier molecular flexibility index (Phi) is 4.75. The summed E-state index contributed by atoms with van der Waals surface area (Å²) in [6.07, 6.45) is 3.09. The smallest absolute Gasteiger partial charge is 0.251 e. The lowest BCUT2D eigenvalue weighted by molar-refractivity contribution is -0.115. The molecule has 7 heteroatoms. The largest absolute Gasteiger partial charge is 0.369 e. The van der Waals surface area contributed by atoms with Crippen molar-refractivity contribution in [2.75, 3.05) is 36.4 Å². The molecule has 154 valence electrons. The number of nitrogens with one attached hydrogen (secondary N) is 2. The van der Waals surface area contributed by atoms with Gasteiger partial charge in [0.05, 0.1) is 17.5 Å². The summed E-state index contributed by atoms with van der Waals surface area (Å²) in [5.41, 5.74) is 6.70. The normalized spacial score (nSPS) is 16.7. The standard InChI is InChI=1S/C23H25N5O2/c1-2-16-11-20-21(26-23(16)30)9-15(13-24-20)14-27-5-7-28(8-6-27)18-3-4-19-17(10-18)12-22(29)25-19/h3-4,9-11,13H,2,5-8,12,14H2,1H3,(H,25,29)(H,26,30). The van der Waals surface area contributed by atoms with Gasteiger partial charge >= 0.3 is 0 Å². The minimum atomic E-state index is -0.0242. The number of pyridine rings is 2. The van der Waals surface area contributed by atoms with Crippen LogP contribution < -0.4 is 15.8 Å². The van der Waals surface area contributed by atoms with Crippen LogP contribution in [-0.4, -0.2) is 47.0 Å². The van der Waals surface area contributed by atoms with Crippen molar-refractivity contribution >= 4 is 28.3 Å². The van der Waals surface area contributed by atoms with Gasteiger partial charge in [-0.15, -0.1) is 0 Å². The number of benzene rings is 1. The van der Waals surface area contributed by atoms with Gasteiger partial charge in [0.1, 0.15) is 0 Å². The lowest BCUT2D eigenvalue weighted by Gasteiger charge is -2.36. The molecule has 0 unspecified atom stereocenters. The van der Waals surface area contributed by atoms with Crippen LogP contribution in [0.25, 0.3) is 11.0 Å². The predicted octanol–water partition coefficient (Wildman–Crippen LogP) is 2.30. The molecule has 30 heavy (non-hydrogen) atoms. The number of nitrogens with zero attached hydrogens (tertiary/aromatic N) is 3. The Bertz CT molecular complexity index is 1180. The molecule has 1 aromatic carbocycles. The van der Waals surface area contributed by atoms with Gasteiger partial charge in [-0.1, -0.05) is 6.92 Å². The van der Waals surface area contributed by atoms with Gasteiger partial charge in [0.15, 0.2) is 0 Å². The van der Waals surface area contributed by atoms with Crippen molar-refractivity contribution in [3.63, 3.8) is 0 Å². The third-order valence-electron chi connectivity index (χ3n) is 6.06. The van der Waals surface area contributed by atoms with E-state index in [0.717, 1.165) is 66.1 Å². The van der Waals surface area contributed by atoms with Crippen molar-refractivity contribution in [3.05, 3.63) is 63.6 Å². The minimum Gasteiger partial charge on any atom is -0.369 e. The Morgan fingerprint density at radius 3 is 2.70 bits per heavy atom. The second-order valence-electron chi connectivity index (χ2n) is 8.08. The molecule has 0 atom stereocenters. The number of hydrogen-bond donors (Lipinski definition) is 2. The number of aromatic nitrogens is 2. The van der Waals surface area contributed by atoms with Crippen LogP contribution in [0.4, 0.5) is 11.4 Å². The Morgan fingerprint density at radius 1 is 1.07 bits per heavy atom. The summed E-state index contributed by atoms with van der Waals surface area (Å²) < 4.78 is 0. The number of anilines is 2. The number of aromatic amines is 1. The van der Waals surface area contributed by atoms with Crippen LogP contribution in [0.15, 0.2) is 41.3 Å². The van der Waals surface area contributed by atoms with Crippen molar-refractivity contribution < 1.29 is 4.79 Å².